The van der Waals surface area contributed by atoms with Gasteiger partial charge in [-0.15, -0.1) is 0 Å². The smallest absolute Gasteiger partial charge is 0.306 e. The zero-order valence-corrected chi connectivity index (χ0v) is 13.3. The average molecular weight is 274 g/mol. The topological polar surface area (TPSA) is 37.3 Å². The number of aryl methyl sites for hydroxylation is 2. The third-order valence-corrected chi connectivity index (χ3v) is 5.15. The van der Waals surface area contributed by atoms with Gasteiger partial charge in [0.2, 0.25) is 0 Å². The summed E-state index contributed by atoms with van der Waals surface area (Å²) in [6, 6.07) is 2.26. The van der Waals surface area contributed by atoms with Crippen molar-refractivity contribution in [3.05, 3.63) is 33.9 Å². The fourth-order valence-electron chi connectivity index (χ4n) is 3.52. The van der Waals surface area contributed by atoms with Crippen LogP contribution in [-0.2, 0) is 4.79 Å². The lowest BCUT2D eigenvalue weighted by molar-refractivity contribution is -0.138. The first-order chi connectivity index (χ1) is 9.36. The molecule has 0 radical (unpaired) electrons. The minimum absolute atomic E-state index is 0.0874. The summed E-state index contributed by atoms with van der Waals surface area (Å²) in [5, 5.41) is 9.08. The van der Waals surface area contributed by atoms with Crippen molar-refractivity contribution in [2.45, 2.75) is 59.8 Å². The van der Waals surface area contributed by atoms with Crippen LogP contribution in [0.25, 0.3) is 0 Å². The van der Waals surface area contributed by atoms with Crippen molar-refractivity contribution in [1.29, 1.82) is 0 Å². The molecule has 0 heterocycles. The Morgan fingerprint density at radius 2 is 1.80 bits per heavy atom. The molecule has 3 unspecified atom stereocenters. The molecule has 2 nitrogen and oxygen atoms in total. The minimum Gasteiger partial charge on any atom is -0.481 e. The molecule has 0 aliphatic heterocycles. The Hall–Kier alpha value is -1.31. The van der Waals surface area contributed by atoms with Crippen LogP contribution in [-0.4, -0.2) is 11.1 Å². The molecule has 2 rings (SSSR count). The van der Waals surface area contributed by atoms with Crippen LogP contribution in [0.4, 0.5) is 0 Å². The van der Waals surface area contributed by atoms with E-state index in [1.165, 1.54) is 27.8 Å². The third kappa shape index (κ3) is 2.74. The molecule has 1 saturated carbocycles. The predicted molar refractivity (Wildman–Crippen MR) is 82.3 cm³/mol. The van der Waals surface area contributed by atoms with Gasteiger partial charge in [0, 0.05) is 0 Å². The molecule has 0 saturated heterocycles. The summed E-state index contributed by atoms with van der Waals surface area (Å²) in [6.07, 6.45) is 2.99. The van der Waals surface area contributed by atoms with E-state index in [1.807, 2.05) is 0 Å². The van der Waals surface area contributed by atoms with Gasteiger partial charge in [-0.1, -0.05) is 13.0 Å². The van der Waals surface area contributed by atoms with Gasteiger partial charge in [0.05, 0.1) is 5.92 Å². The van der Waals surface area contributed by atoms with Crippen LogP contribution in [0.5, 0.6) is 0 Å². The summed E-state index contributed by atoms with van der Waals surface area (Å²) in [5.74, 6) is 0.189. The van der Waals surface area contributed by atoms with Gasteiger partial charge in [0.15, 0.2) is 0 Å². The molecule has 2 heteroatoms. The van der Waals surface area contributed by atoms with E-state index >= 15 is 0 Å². The van der Waals surface area contributed by atoms with Crippen LogP contribution >= 0.6 is 0 Å². The Morgan fingerprint density at radius 3 is 2.20 bits per heavy atom. The summed E-state index contributed by atoms with van der Waals surface area (Å²) >= 11 is 0. The maximum absolute atomic E-state index is 11.0. The minimum atomic E-state index is -0.612. The highest BCUT2D eigenvalue weighted by Crippen LogP contribution is 2.47. The SMILES string of the molecule is CCC(CC1CC1C(=O)O)c1c(C)c(C)cc(C)c1C. The monoisotopic (exact) mass is 274 g/mol. The highest BCUT2D eigenvalue weighted by atomic mass is 16.4. The molecule has 1 aromatic carbocycles. The number of aliphatic carboxylic acids is 1. The quantitative estimate of drug-likeness (QED) is 0.856. The number of hydrogen-bond acceptors (Lipinski definition) is 1. The van der Waals surface area contributed by atoms with Crippen LogP contribution in [0.15, 0.2) is 6.07 Å². The zero-order valence-electron chi connectivity index (χ0n) is 13.3. The highest BCUT2D eigenvalue weighted by molar-refractivity contribution is 5.73. The lowest BCUT2D eigenvalue weighted by Crippen LogP contribution is -2.08. The summed E-state index contributed by atoms with van der Waals surface area (Å²) in [4.78, 5) is 11.0. The predicted octanol–water partition coefficient (Wildman–Crippen LogP) is 4.52. The molecule has 110 valence electrons. The fraction of sp³-hybridized carbons (Fsp3) is 0.611. The average Bonchev–Trinajstić information content (AvgIpc) is 3.15. The third-order valence-electron chi connectivity index (χ3n) is 5.15. The summed E-state index contributed by atoms with van der Waals surface area (Å²) < 4.78 is 0. The van der Waals surface area contributed by atoms with E-state index in [-0.39, 0.29) is 5.92 Å². The Labute approximate surface area is 122 Å². The van der Waals surface area contributed by atoms with Gasteiger partial charge in [-0.05, 0) is 86.6 Å². The molecular weight excluding hydrogens is 248 g/mol. The van der Waals surface area contributed by atoms with E-state index < -0.39 is 5.97 Å². The van der Waals surface area contributed by atoms with Gasteiger partial charge in [0.25, 0.3) is 0 Å². The molecule has 0 aromatic heterocycles. The van der Waals surface area contributed by atoms with E-state index in [4.69, 9.17) is 5.11 Å². The molecular formula is C18H26O2. The molecule has 0 bridgehead atoms. The Kier molecular flexibility index (Phi) is 4.22. The van der Waals surface area contributed by atoms with Gasteiger partial charge in [-0.3, -0.25) is 4.79 Å². The number of carboxylic acids is 1. The molecule has 20 heavy (non-hydrogen) atoms. The first-order valence-electron chi connectivity index (χ1n) is 7.66. The van der Waals surface area contributed by atoms with E-state index in [1.54, 1.807) is 0 Å². The van der Waals surface area contributed by atoms with Crippen molar-refractivity contribution in [2.75, 3.05) is 0 Å². The molecule has 1 aliphatic rings. The van der Waals surface area contributed by atoms with Crippen LogP contribution in [0, 0.1) is 39.5 Å². The first-order valence-corrected chi connectivity index (χ1v) is 7.66. The first kappa shape index (κ1) is 15.1. The standard InChI is InChI=1S/C18H26O2/c1-6-14(8-15-9-16(15)18(19)20)17-12(4)10(2)7-11(3)13(17)5/h7,14-16H,6,8-9H2,1-5H3,(H,19,20). The lowest BCUT2D eigenvalue weighted by atomic mass is 9.82. The van der Waals surface area contributed by atoms with Crippen LogP contribution in [0.2, 0.25) is 0 Å². The summed E-state index contributed by atoms with van der Waals surface area (Å²) in [6.45, 7) is 11.0. The highest BCUT2D eigenvalue weighted by Gasteiger charge is 2.44. The van der Waals surface area contributed by atoms with Gasteiger partial charge >= 0.3 is 5.97 Å². The zero-order chi connectivity index (χ0) is 15.0. The summed E-state index contributed by atoms with van der Waals surface area (Å²) in [7, 11) is 0. The fourth-order valence-corrected chi connectivity index (χ4v) is 3.52. The van der Waals surface area contributed by atoms with Gasteiger partial charge < -0.3 is 5.11 Å². The van der Waals surface area contributed by atoms with E-state index in [0.717, 1.165) is 19.3 Å². The largest absolute Gasteiger partial charge is 0.481 e. The number of carbonyl (C=O) groups is 1. The lowest BCUT2D eigenvalue weighted by Gasteiger charge is -2.23. The van der Waals surface area contributed by atoms with Crippen molar-refractivity contribution in [2.24, 2.45) is 11.8 Å². The van der Waals surface area contributed by atoms with Crippen LogP contribution in [0.1, 0.15) is 59.9 Å². The maximum Gasteiger partial charge on any atom is 0.306 e. The Morgan fingerprint density at radius 1 is 1.25 bits per heavy atom. The van der Waals surface area contributed by atoms with E-state index in [9.17, 15) is 4.79 Å². The van der Waals surface area contributed by atoms with Crippen molar-refractivity contribution >= 4 is 5.97 Å². The normalized spacial score (nSPS) is 22.6. The Balaban J connectivity index is 2.26. The number of carboxylic acid groups (broad SMARTS) is 1. The molecule has 1 N–H and O–H groups in total. The molecule has 1 fully saturated rings. The molecule has 1 aliphatic carbocycles. The van der Waals surface area contributed by atoms with Crippen molar-refractivity contribution in [1.82, 2.24) is 0 Å². The second-order valence-corrected chi connectivity index (χ2v) is 6.46. The van der Waals surface area contributed by atoms with E-state index in [0.29, 0.717) is 11.8 Å². The molecule has 1 aromatic rings. The maximum atomic E-state index is 11.0. The van der Waals surface area contributed by atoms with Crippen molar-refractivity contribution in [3.63, 3.8) is 0 Å². The second kappa shape index (κ2) is 5.59. The number of benzene rings is 1. The van der Waals surface area contributed by atoms with Crippen LogP contribution < -0.4 is 0 Å². The molecule has 0 amide bonds. The molecule has 3 atom stereocenters. The summed E-state index contributed by atoms with van der Waals surface area (Å²) in [5.41, 5.74) is 6.97. The second-order valence-electron chi connectivity index (χ2n) is 6.46. The van der Waals surface area contributed by atoms with Gasteiger partial charge in [-0.2, -0.15) is 0 Å². The van der Waals surface area contributed by atoms with Gasteiger partial charge in [-0.25, -0.2) is 0 Å². The Bertz CT molecular complexity index is 504. The molecule has 0 spiro atoms. The van der Waals surface area contributed by atoms with Crippen molar-refractivity contribution < 1.29 is 9.90 Å². The number of hydrogen-bond donors (Lipinski definition) is 1. The van der Waals surface area contributed by atoms with Gasteiger partial charge in [0.1, 0.15) is 0 Å². The van der Waals surface area contributed by atoms with Crippen molar-refractivity contribution in [3.8, 4) is 0 Å². The van der Waals surface area contributed by atoms with E-state index in [2.05, 4.69) is 40.7 Å². The number of rotatable bonds is 5. The van der Waals surface area contributed by atoms with Crippen LogP contribution in [0.3, 0.4) is 0 Å².